The summed E-state index contributed by atoms with van der Waals surface area (Å²) < 4.78 is 0. The topological polar surface area (TPSA) is 74.8 Å². The minimum absolute atomic E-state index is 0.0871. The van der Waals surface area contributed by atoms with E-state index in [1.165, 1.54) is 30.5 Å². The van der Waals surface area contributed by atoms with E-state index in [9.17, 15) is 9.59 Å². The van der Waals surface area contributed by atoms with E-state index in [0.717, 1.165) is 11.3 Å². The summed E-state index contributed by atoms with van der Waals surface area (Å²) in [5.41, 5.74) is 2.63. The van der Waals surface area contributed by atoms with Crippen molar-refractivity contribution in [3.63, 3.8) is 0 Å². The SMILES string of the molecule is CC(=O)c1c[nH]c(C(=O)Nc2nc(-c3ccccc3)cs2)c1. The Morgan fingerprint density at radius 2 is 2.00 bits per heavy atom. The molecule has 110 valence electrons. The van der Waals surface area contributed by atoms with Gasteiger partial charge >= 0.3 is 0 Å². The number of aromatic nitrogens is 2. The largest absolute Gasteiger partial charge is 0.356 e. The van der Waals surface area contributed by atoms with Gasteiger partial charge in [-0.05, 0) is 13.0 Å². The second kappa shape index (κ2) is 5.95. The number of hydrogen-bond donors (Lipinski definition) is 2. The van der Waals surface area contributed by atoms with E-state index < -0.39 is 0 Å². The van der Waals surface area contributed by atoms with Gasteiger partial charge in [0.25, 0.3) is 5.91 Å². The van der Waals surface area contributed by atoms with Gasteiger partial charge in [-0.2, -0.15) is 0 Å². The van der Waals surface area contributed by atoms with Crippen LogP contribution in [0, 0.1) is 0 Å². The number of Topliss-reactive ketones (excluding diaryl/α,β-unsaturated/α-hetero) is 1. The molecule has 2 aromatic heterocycles. The van der Waals surface area contributed by atoms with Crippen molar-refractivity contribution in [3.05, 3.63) is 59.2 Å². The normalized spacial score (nSPS) is 10.4. The predicted molar refractivity (Wildman–Crippen MR) is 86.3 cm³/mol. The average Bonchev–Trinajstić information content (AvgIpc) is 3.17. The Kier molecular flexibility index (Phi) is 3.84. The number of carbonyl (C=O) groups is 2. The number of H-pyrrole nitrogens is 1. The Balaban J connectivity index is 1.74. The molecule has 6 heteroatoms. The van der Waals surface area contributed by atoms with Gasteiger partial charge in [0.1, 0.15) is 5.69 Å². The second-order valence-corrected chi connectivity index (χ2v) is 5.57. The molecule has 0 aliphatic rings. The first-order valence-corrected chi connectivity index (χ1v) is 7.53. The summed E-state index contributed by atoms with van der Waals surface area (Å²) in [7, 11) is 0. The van der Waals surface area contributed by atoms with Crippen LogP contribution in [-0.4, -0.2) is 21.7 Å². The van der Waals surface area contributed by atoms with Crippen molar-refractivity contribution < 1.29 is 9.59 Å². The minimum Gasteiger partial charge on any atom is -0.356 e. The highest BCUT2D eigenvalue weighted by atomic mass is 32.1. The fourth-order valence-electron chi connectivity index (χ4n) is 1.97. The summed E-state index contributed by atoms with van der Waals surface area (Å²) in [4.78, 5) is 30.5. The molecule has 2 N–H and O–H groups in total. The molecule has 0 spiro atoms. The molecule has 22 heavy (non-hydrogen) atoms. The van der Waals surface area contributed by atoms with Crippen molar-refractivity contribution in [2.75, 3.05) is 5.32 Å². The maximum atomic E-state index is 12.1. The Morgan fingerprint density at radius 3 is 2.68 bits per heavy atom. The van der Waals surface area contributed by atoms with Crippen LogP contribution in [0.2, 0.25) is 0 Å². The third-order valence-corrected chi connectivity index (χ3v) is 3.89. The molecule has 3 aromatic rings. The number of nitrogens with zero attached hydrogens (tertiary/aromatic N) is 1. The first kappa shape index (κ1) is 14.2. The van der Waals surface area contributed by atoms with Crippen LogP contribution in [0.1, 0.15) is 27.8 Å². The minimum atomic E-state index is -0.318. The lowest BCUT2D eigenvalue weighted by Crippen LogP contribution is -2.11. The summed E-state index contributed by atoms with van der Waals surface area (Å²) in [5.74, 6) is -0.405. The lowest BCUT2D eigenvalue weighted by atomic mass is 10.2. The fourth-order valence-corrected chi connectivity index (χ4v) is 2.68. The molecule has 5 nitrogen and oxygen atoms in total. The van der Waals surface area contributed by atoms with E-state index in [2.05, 4.69) is 15.3 Å². The van der Waals surface area contributed by atoms with Crippen molar-refractivity contribution in [1.29, 1.82) is 0 Å². The van der Waals surface area contributed by atoms with E-state index in [4.69, 9.17) is 0 Å². The van der Waals surface area contributed by atoms with Crippen LogP contribution in [0.15, 0.2) is 48.0 Å². The first-order chi connectivity index (χ1) is 10.6. The van der Waals surface area contributed by atoms with Gasteiger partial charge in [-0.3, -0.25) is 14.9 Å². The monoisotopic (exact) mass is 311 g/mol. The number of anilines is 1. The van der Waals surface area contributed by atoms with Crippen LogP contribution < -0.4 is 5.32 Å². The molecule has 2 heterocycles. The quantitative estimate of drug-likeness (QED) is 0.723. The molecule has 0 saturated heterocycles. The molecule has 0 bridgehead atoms. The molecule has 0 unspecified atom stereocenters. The van der Waals surface area contributed by atoms with Gasteiger partial charge < -0.3 is 4.98 Å². The standard InChI is InChI=1S/C16H13N3O2S/c1-10(20)12-7-13(17-8-12)15(21)19-16-18-14(9-22-16)11-5-3-2-4-6-11/h2-9,17H,1H3,(H,18,19,21). The van der Waals surface area contributed by atoms with Gasteiger partial charge in [-0.15, -0.1) is 11.3 Å². The van der Waals surface area contributed by atoms with Crippen molar-refractivity contribution in [3.8, 4) is 11.3 Å². The summed E-state index contributed by atoms with van der Waals surface area (Å²) in [6.45, 7) is 1.46. The molecule has 3 rings (SSSR count). The van der Waals surface area contributed by atoms with Crippen molar-refractivity contribution in [2.45, 2.75) is 6.92 Å². The maximum absolute atomic E-state index is 12.1. The second-order valence-electron chi connectivity index (χ2n) is 4.72. The highest BCUT2D eigenvalue weighted by Gasteiger charge is 2.13. The molecule has 0 saturated carbocycles. The third-order valence-electron chi connectivity index (χ3n) is 3.13. The van der Waals surface area contributed by atoms with Crippen LogP contribution >= 0.6 is 11.3 Å². The summed E-state index contributed by atoms with van der Waals surface area (Å²) in [6.07, 6.45) is 1.52. The van der Waals surface area contributed by atoms with Gasteiger partial charge in [0, 0.05) is 22.7 Å². The fraction of sp³-hybridized carbons (Fsp3) is 0.0625. The number of hydrogen-bond acceptors (Lipinski definition) is 4. The first-order valence-electron chi connectivity index (χ1n) is 6.65. The number of thiazole rings is 1. The number of ketones is 1. The summed E-state index contributed by atoms with van der Waals surface area (Å²) in [5, 5.41) is 5.13. The highest BCUT2D eigenvalue weighted by molar-refractivity contribution is 7.14. The van der Waals surface area contributed by atoms with E-state index in [-0.39, 0.29) is 11.7 Å². The average molecular weight is 311 g/mol. The molecule has 0 radical (unpaired) electrons. The molecule has 1 amide bonds. The molecule has 0 aliphatic heterocycles. The Hall–Kier alpha value is -2.73. The smallest absolute Gasteiger partial charge is 0.273 e. The molecule has 0 aliphatic carbocycles. The van der Waals surface area contributed by atoms with E-state index in [1.54, 1.807) is 0 Å². The lowest BCUT2D eigenvalue weighted by Gasteiger charge is -1.98. The Labute approximate surface area is 131 Å². The number of rotatable bonds is 4. The third kappa shape index (κ3) is 2.96. The maximum Gasteiger partial charge on any atom is 0.273 e. The predicted octanol–water partition coefficient (Wildman–Crippen LogP) is 3.59. The van der Waals surface area contributed by atoms with Gasteiger partial charge in [0.15, 0.2) is 10.9 Å². The van der Waals surface area contributed by atoms with Crippen molar-refractivity contribution in [1.82, 2.24) is 9.97 Å². The van der Waals surface area contributed by atoms with Gasteiger partial charge in [0.2, 0.25) is 0 Å². The van der Waals surface area contributed by atoms with Crippen LogP contribution in [-0.2, 0) is 0 Å². The molecule has 0 atom stereocenters. The van der Waals surface area contributed by atoms with Crippen LogP contribution in [0.3, 0.4) is 0 Å². The van der Waals surface area contributed by atoms with Crippen molar-refractivity contribution >= 4 is 28.2 Å². The molecule has 0 fully saturated rings. The van der Waals surface area contributed by atoms with Crippen LogP contribution in [0.5, 0.6) is 0 Å². The van der Waals surface area contributed by atoms with E-state index in [1.807, 2.05) is 35.7 Å². The Morgan fingerprint density at radius 1 is 1.23 bits per heavy atom. The van der Waals surface area contributed by atoms with E-state index >= 15 is 0 Å². The zero-order valence-corrected chi connectivity index (χ0v) is 12.6. The van der Waals surface area contributed by atoms with Gasteiger partial charge in [-0.1, -0.05) is 30.3 Å². The summed E-state index contributed by atoms with van der Waals surface area (Å²) in [6, 6.07) is 11.3. The van der Waals surface area contributed by atoms with Crippen molar-refractivity contribution in [2.24, 2.45) is 0 Å². The highest BCUT2D eigenvalue weighted by Crippen LogP contribution is 2.24. The molecular weight excluding hydrogens is 298 g/mol. The number of aromatic amines is 1. The van der Waals surface area contributed by atoms with Crippen LogP contribution in [0.4, 0.5) is 5.13 Å². The molecular formula is C16H13N3O2S. The van der Waals surface area contributed by atoms with Gasteiger partial charge in [-0.25, -0.2) is 4.98 Å². The number of carbonyl (C=O) groups excluding carboxylic acids is 2. The summed E-state index contributed by atoms with van der Waals surface area (Å²) >= 11 is 1.36. The van der Waals surface area contributed by atoms with Gasteiger partial charge in [0.05, 0.1) is 5.69 Å². The number of benzene rings is 1. The van der Waals surface area contributed by atoms with Crippen LogP contribution in [0.25, 0.3) is 11.3 Å². The van der Waals surface area contributed by atoms with E-state index in [0.29, 0.717) is 16.4 Å². The zero-order chi connectivity index (χ0) is 15.5. The Bertz CT molecular complexity index is 821. The number of nitrogens with one attached hydrogen (secondary N) is 2. The zero-order valence-electron chi connectivity index (χ0n) is 11.8. The number of amides is 1. The molecule has 1 aromatic carbocycles. The lowest BCUT2D eigenvalue weighted by molar-refractivity contribution is 0.101.